The molecule has 0 aliphatic carbocycles. The lowest BCUT2D eigenvalue weighted by Gasteiger charge is -2.34. The highest BCUT2D eigenvalue weighted by atomic mass is 32.1. The number of likely N-dealkylation sites (tertiary alicyclic amines) is 1. The van der Waals surface area contributed by atoms with Crippen LogP contribution in [0.25, 0.3) is 10.4 Å². The predicted molar refractivity (Wildman–Crippen MR) is 154 cm³/mol. The van der Waals surface area contributed by atoms with E-state index in [1.807, 2.05) is 78.5 Å². The number of thiophene rings is 1. The fraction of sp³-hybridized carbons (Fsp3) is 0.300. The van der Waals surface area contributed by atoms with E-state index in [0.29, 0.717) is 13.1 Å². The van der Waals surface area contributed by atoms with Crippen LogP contribution in [0.15, 0.2) is 71.6 Å². The summed E-state index contributed by atoms with van der Waals surface area (Å²) in [6.07, 6.45) is -1.57. The summed E-state index contributed by atoms with van der Waals surface area (Å²) < 4.78 is 0. The zero-order chi connectivity index (χ0) is 27.8. The molecule has 2 amide bonds. The number of thiazole rings is 1. The average Bonchev–Trinajstić information content (AvgIpc) is 3.77. The van der Waals surface area contributed by atoms with Crippen molar-refractivity contribution in [1.29, 1.82) is 0 Å². The van der Waals surface area contributed by atoms with Crippen molar-refractivity contribution in [2.24, 2.45) is 0 Å². The molecule has 0 saturated carbocycles. The first-order chi connectivity index (χ1) is 19.4. The number of hydrogen-bond donors (Lipinski definition) is 3. The zero-order valence-corrected chi connectivity index (χ0v) is 23.6. The van der Waals surface area contributed by atoms with Gasteiger partial charge in [0.15, 0.2) is 0 Å². The number of aryl methyl sites for hydroxylation is 1. The molecule has 40 heavy (non-hydrogen) atoms. The summed E-state index contributed by atoms with van der Waals surface area (Å²) >= 11 is 3.03. The predicted octanol–water partition coefficient (Wildman–Crippen LogP) is 4.01. The Balaban J connectivity index is 1.18. The van der Waals surface area contributed by atoms with Gasteiger partial charge in [-0.25, -0.2) is 4.98 Å². The number of nitrogens with one attached hydrogen (secondary N) is 1. The van der Waals surface area contributed by atoms with Crippen LogP contribution in [0.5, 0.6) is 0 Å². The van der Waals surface area contributed by atoms with Crippen molar-refractivity contribution in [2.75, 3.05) is 6.54 Å². The molecule has 206 valence electrons. The molecule has 2 aromatic heterocycles. The number of hydrogen-bond acceptors (Lipinski definition) is 8. The van der Waals surface area contributed by atoms with Crippen molar-refractivity contribution >= 4 is 34.5 Å². The van der Waals surface area contributed by atoms with Crippen molar-refractivity contribution < 1.29 is 19.8 Å². The molecule has 4 aromatic rings. The van der Waals surface area contributed by atoms with Gasteiger partial charge in [-0.3, -0.25) is 14.5 Å². The van der Waals surface area contributed by atoms with E-state index in [-0.39, 0.29) is 24.8 Å². The molecule has 0 spiro atoms. The monoisotopic (exact) mass is 574 g/mol. The van der Waals surface area contributed by atoms with Crippen molar-refractivity contribution in [2.45, 2.75) is 50.8 Å². The first kappa shape index (κ1) is 26.8. The van der Waals surface area contributed by atoms with Crippen LogP contribution in [0.2, 0.25) is 0 Å². The molecular weight excluding hydrogens is 544 g/mol. The third kappa shape index (κ3) is 5.09. The fourth-order valence-electron chi connectivity index (χ4n) is 5.62. The number of nitrogens with zero attached hydrogens (tertiary/aromatic N) is 3. The van der Waals surface area contributed by atoms with Crippen LogP contribution in [0.1, 0.15) is 46.0 Å². The van der Waals surface area contributed by atoms with Gasteiger partial charge in [0.05, 0.1) is 22.2 Å². The molecule has 2 aromatic carbocycles. The lowest BCUT2D eigenvalue weighted by molar-refractivity contribution is -0.147. The molecule has 10 heteroatoms. The van der Waals surface area contributed by atoms with E-state index < -0.39 is 24.4 Å². The highest BCUT2D eigenvalue weighted by Crippen LogP contribution is 2.41. The molecule has 2 aliphatic rings. The zero-order valence-electron chi connectivity index (χ0n) is 21.9. The molecular formula is C30H30N4O4S2. The summed E-state index contributed by atoms with van der Waals surface area (Å²) in [5.74, 6) is -0.599. The molecule has 2 aliphatic heterocycles. The molecule has 4 atom stereocenters. The fourth-order valence-corrected chi connectivity index (χ4v) is 7.27. The van der Waals surface area contributed by atoms with Gasteiger partial charge < -0.3 is 20.4 Å². The van der Waals surface area contributed by atoms with E-state index in [2.05, 4.69) is 10.3 Å². The Bertz CT molecular complexity index is 1500. The minimum Gasteiger partial charge on any atom is -0.391 e. The number of carbonyl (C=O) groups is 2. The van der Waals surface area contributed by atoms with Gasteiger partial charge in [-0.2, -0.15) is 0 Å². The van der Waals surface area contributed by atoms with Gasteiger partial charge in [0, 0.05) is 30.9 Å². The van der Waals surface area contributed by atoms with Crippen LogP contribution in [0, 0.1) is 6.92 Å². The molecule has 0 radical (unpaired) electrons. The third-order valence-electron chi connectivity index (χ3n) is 7.67. The van der Waals surface area contributed by atoms with E-state index >= 15 is 0 Å². The number of fused-ring (bicyclic) bond motifs is 1. The summed E-state index contributed by atoms with van der Waals surface area (Å²) in [6.45, 7) is 2.77. The van der Waals surface area contributed by atoms with Gasteiger partial charge in [-0.15, -0.1) is 22.7 Å². The highest BCUT2D eigenvalue weighted by Gasteiger charge is 2.46. The average molecular weight is 575 g/mol. The maximum atomic E-state index is 14.1. The number of amides is 2. The van der Waals surface area contributed by atoms with E-state index in [1.165, 1.54) is 16.2 Å². The van der Waals surface area contributed by atoms with Crippen molar-refractivity contribution in [3.05, 3.63) is 98.8 Å². The van der Waals surface area contributed by atoms with Crippen LogP contribution in [0.3, 0.4) is 0 Å². The van der Waals surface area contributed by atoms with E-state index in [4.69, 9.17) is 0 Å². The standard InChI is InChI=1S/C30H30N4O4S2/c1-18-27(40-17-32-18)20-10-8-19(9-11-20)14-31-28(36)24-13-22(35)16-33(24)30(38)26(25-7-4-12-39-25)34-15-21-5-2-3-6-23(21)29(34)37/h2-12,17,22,24,26,29,35,37H,13-16H2,1H3,(H,31,36)/t22-,24+,26+,29?/m1/s1. The molecule has 3 N–H and O–H groups in total. The van der Waals surface area contributed by atoms with Crippen molar-refractivity contribution in [3.63, 3.8) is 0 Å². The summed E-state index contributed by atoms with van der Waals surface area (Å²) in [5, 5.41) is 26.6. The number of benzene rings is 2. The Kier molecular flexibility index (Phi) is 7.52. The van der Waals surface area contributed by atoms with E-state index in [0.717, 1.165) is 37.7 Å². The van der Waals surface area contributed by atoms with Crippen molar-refractivity contribution in [3.8, 4) is 10.4 Å². The van der Waals surface area contributed by atoms with Crippen LogP contribution in [-0.4, -0.2) is 55.5 Å². The topological polar surface area (TPSA) is 106 Å². The largest absolute Gasteiger partial charge is 0.391 e. The molecule has 1 fully saturated rings. The Hall–Kier alpha value is -3.41. The molecule has 1 saturated heterocycles. The Labute approximate surface area is 240 Å². The number of aromatic nitrogens is 1. The quantitative estimate of drug-likeness (QED) is 0.308. The van der Waals surface area contributed by atoms with Gasteiger partial charge in [0.25, 0.3) is 0 Å². The maximum Gasteiger partial charge on any atom is 0.246 e. The van der Waals surface area contributed by atoms with Gasteiger partial charge in [0.2, 0.25) is 11.8 Å². The number of rotatable bonds is 7. The Morgan fingerprint density at radius 1 is 1.07 bits per heavy atom. The molecule has 8 nitrogen and oxygen atoms in total. The summed E-state index contributed by atoms with van der Waals surface area (Å²) in [7, 11) is 0. The summed E-state index contributed by atoms with van der Waals surface area (Å²) in [6, 6.07) is 17.8. The Morgan fingerprint density at radius 2 is 1.88 bits per heavy atom. The summed E-state index contributed by atoms with van der Waals surface area (Å²) in [5.41, 5.74) is 6.58. The minimum absolute atomic E-state index is 0.0680. The van der Waals surface area contributed by atoms with Crippen LogP contribution < -0.4 is 5.32 Å². The van der Waals surface area contributed by atoms with E-state index in [1.54, 1.807) is 16.2 Å². The molecule has 0 bridgehead atoms. The normalized spacial score (nSPS) is 21.4. The minimum atomic E-state index is -0.941. The van der Waals surface area contributed by atoms with Gasteiger partial charge in [-0.1, -0.05) is 54.6 Å². The van der Waals surface area contributed by atoms with Gasteiger partial charge in [-0.05, 0) is 40.6 Å². The second kappa shape index (κ2) is 11.2. The van der Waals surface area contributed by atoms with Crippen LogP contribution >= 0.6 is 22.7 Å². The second-order valence-electron chi connectivity index (χ2n) is 10.2. The first-order valence-corrected chi connectivity index (χ1v) is 15.0. The first-order valence-electron chi connectivity index (χ1n) is 13.2. The van der Waals surface area contributed by atoms with Crippen molar-refractivity contribution in [1.82, 2.24) is 20.1 Å². The molecule has 1 unspecified atom stereocenters. The van der Waals surface area contributed by atoms with Gasteiger partial charge >= 0.3 is 0 Å². The molecule has 6 rings (SSSR count). The maximum absolute atomic E-state index is 14.1. The number of aliphatic hydroxyl groups excluding tert-OH is 2. The number of carbonyl (C=O) groups excluding carboxylic acids is 2. The van der Waals surface area contributed by atoms with Crippen LogP contribution in [-0.2, 0) is 22.7 Å². The smallest absolute Gasteiger partial charge is 0.246 e. The van der Waals surface area contributed by atoms with E-state index in [9.17, 15) is 19.8 Å². The summed E-state index contributed by atoms with van der Waals surface area (Å²) in [4.78, 5) is 37.0. The van der Waals surface area contributed by atoms with Crippen LogP contribution in [0.4, 0.5) is 0 Å². The lowest BCUT2D eigenvalue weighted by Crippen LogP contribution is -2.49. The molecule has 4 heterocycles. The lowest BCUT2D eigenvalue weighted by atomic mass is 10.1. The Morgan fingerprint density at radius 3 is 2.58 bits per heavy atom. The number of aliphatic hydroxyl groups is 2. The second-order valence-corrected chi connectivity index (χ2v) is 12.1. The SMILES string of the molecule is Cc1ncsc1-c1ccc(CNC(=O)[C@@H]2C[C@@H](O)CN2C(=O)[C@H](c2cccs2)N2Cc3ccccc3C2O)cc1. The highest BCUT2D eigenvalue weighted by molar-refractivity contribution is 7.13. The third-order valence-corrected chi connectivity index (χ3v) is 9.57. The number of β-amino-alcohol motifs (C(OH)–C–C–N with tert-alkyl or cyclic N) is 1. The van der Waals surface area contributed by atoms with Gasteiger partial charge in [0.1, 0.15) is 18.3 Å².